The van der Waals surface area contributed by atoms with E-state index in [1.54, 1.807) is 18.2 Å². The van der Waals surface area contributed by atoms with Crippen LogP contribution < -0.4 is 19.7 Å². The van der Waals surface area contributed by atoms with Crippen molar-refractivity contribution < 1.29 is 23.5 Å². The summed E-state index contributed by atoms with van der Waals surface area (Å²) in [6, 6.07) is 10.9. The van der Waals surface area contributed by atoms with Crippen molar-refractivity contribution >= 4 is 23.2 Å². The fourth-order valence-electron chi connectivity index (χ4n) is 3.12. The standard InChI is InChI=1S/C19H17FN2O4/c20-13-1-4-15(5-2-13)22-11-12(9-18(22)23)19(24)21-14-3-6-16-17(10-14)26-8-7-25-16/h1-6,10,12H,7-9,11H2,(H,21,24)/t12-/m1/s1. The van der Waals surface area contributed by atoms with Gasteiger partial charge in [-0.15, -0.1) is 0 Å². The zero-order valence-corrected chi connectivity index (χ0v) is 13.9. The van der Waals surface area contributed by atoms with Crippen LogP contribution in [0.25, 0.3) is 0 Å². The zero-order chi connectivity index (χ0) is 18.1. The first kappa shape index (κ1) is 16.4. The van der Waals surface area contributed by atoms with Gasteiger partial charge in [0.15, 0.2) is 11.5 Å². The number of hydrogen-bond donors (Lipinski definition) is 1. The molecule has 2 amide bonds. The van der Waals surface area contributed by atoms with Crippen molar-refractivity contribution in [3.8, 4) is 11.5 Å². The molecule has 2 heterocycles. The van der Waals surface area contributed by atoms with E-state index in [2.05, 4.69) is 5.32 Å². The molecule has 26 heavy (non-hydrogen) atoms. The van der Waals surface area contributed by atoms with Crippen LogP contribution in [0.5, 0.6) is 11.5 Å². The van der Waals surface area contributed by atoms with Gasteiger partial charge in [0.25, 0.3) is 0 Å². The first-order valence-corrected chi connectivity index (χ1v) is 8.36. The van der Waals surface area contributed by atoms with Gasteiger partial charge < -0.3 is 19.7 Å². The third kappa shape index (κ3) is 3.20. The number of carbonyl (C=O) groups is 2. The summed E-state index contributed by atoms with van der Waals surface area (Å²) in [5, 5.41) is 2.82. The molecule has 0 radical (unpaired) electrons. The lowest BCUT2D eigenvalue weighted by Crippen LogP contribution is -2.28. The number of rotatable bonds is 3. The van der Waals surface area contributed by atoms with E-state index >= 15 is 0 Å². The molecule has 4 rings (SSSR count). The number of carbonyl (C=O) groups excluding carboxylic acids is 2. The van der Waals surface area contributed by atoms with E-state index in [1.807, 2.05) is 0 Å². The highest BCUT2D eigenvalue weighted by Gasteiger charge is 2.35. The molecule has 2 aliphatic heterocycles. The Morgan fingerprint density at radius 3 is 2.58 bits per heavy atom. The fraction of sp³-hybridized carbons (Fsp3) is 0.263. The number of anilines is 2. The van der Waals surface area contributed by atoms with Crippen LogP contribution in [0.3, 0.4) is 0 Å². The number of hydrogen-bond acceptors (Lipinski definition) is 4. The van der Waals surface area contributed by atoms with Crippen molar-refractivity contribution in [2.24, 2.45) is 5.92 Å². The number of nitrogens with one attached hydrogen (secondary N) is 1. The SMILES string of the molecule is O=C(Nc1ccc2c(c1)OCCO2)[C@@H]1CC(=O)N(c2ccc(F)cc2)C1. The molecule has 0 aromatic heterocycles. The lowest BCUT2D eigenvalue weighted by molar-refractivity contribution is -0.122. The molecule has 1 atom stereocenters. The number of amides is 2. The normalized spacial score (nSPS) is 18.7. The average Bonchev–Trinajstić information content (AvgIpc) is 3.04. The zero-order valence-electron chi connectivity index (χ0n) is 13.9. The van der Waals surface area contributed by atoms with Crippen molar-refractivity contribution in [1.82, 2.24) is 0 Å². The summed E-state index contributed by atoms with van der Waals surface area (Å²) in [5.74, 6) is 0.00453. The van der Waals surface area contributed by atoms with Gasteiger partial charge in [-0.1, -0.05) is 0 Å². The Balaban J connectivity index is 1.44. The second kappa shape index (κ2) is 6.67. The van der Waals surface area contributed by atoms with Crippen molar-refractivity contribution in [2.45, 2.75) is 6.42 Å². The van der Waals surface area contributed by atoms with Gasteiger partial charge in [-0.05, 0) is 36.4 Å². The minimum absolute atomic E-state index is 0.119. The Morgan fingerprint density at radius 2 is 1.81 bits per heavy atom. The first-order valence-electron chi connectivity index (χ1n) is 8.36. The van der Waals surface area contributed by atoms with Gasteiger partial charge in [0, 0.05) is 30.4 Å². The molecule has 0 spiro atoms. The second-order valence-electron chi connectivity index (χ2n) is 6.23. The molecule has 1 saturated heterocycles. The number of nitrogens with zero attached hydrogens (tertiary/aromatic N) is 1. The maximum atomic E-state index is 13.1. The van der Waals surface area contributed by atoms with Crippen LogP contribution in [0.1, 0.15) is 6.42 Å². The van der Waals surface area contributed by atoms with Crippen LogP contribution in [-0.4, -0.2) is 31.6 Å². The summed E-state index contributed by atoms with van der Waals surface area (Å²) >= 11 is 0. The average molecular weight is 356 g/mol. The summed E-state index contributed by atoms with van der Waals surface area (Å²) in [5.41, 5.74) is 1.18. The Hall–Kier alpha value is -3.09. The van der Waals surface area contributed by atoms with Crippen LogP contribution in [0.15, 0.2) is 42.5 Å². The van der Waals surface area contributed by atoms with E-state index < -0.39 is 5.92 Å². The predicted molar refractivity (Wildman–Crippen MR) is 92.9 cm³/mol. The lowest BCUT2D eigenvalue weighted by Gasteiger charge is -2.19. The molecular formula is C19H17FN2O4. The van der Waals surface area contributed by atoms with E-state index in [9.17, 15) is 14.0 Å². The minimum atomic E-state index is -0.472. The van der Waals surface area contributed by atoms with Gasteiger partial charge in [-0.25, -0.2) is 4.39 Å². The van der Waals surface area contributed by atoms with Crippen LogP contribution in [0.4, 0.5) is 15.8 Å². The van der Waals surface area contributed by atoms with Crippen LogP contribution in [0.2, 0.25) is 0 Å². The van der Waals surface area contributed by atoms with Crippen molar-refractivity contribution in [3.63, 3.8) is 0 Å². The van der Waals surface area contributed by atoms with Crippen LogP contribution in [-0.2, 0) is 9.59 Å². The van der Waals surface area contributed by atoms with E-state index in [4.69, 9.17) is 9.47 Å². The Bertz CT molecular complexity index is 853. The van der Waals surface area contributed by atoms with Gasteiger partial charge in [0.05, 0.1) is 5.92 Å². The van der Waals surface area contributed by atoms with E-state index in [-0.39, 0.29) is 30.6 Å². The first-order chi connectivity index (χ1) is 12.6. The molecule has 1 fully saturated rings. The molecule has 2 aromatic carbocycles. The molecule has 7 heteroatoms. The fourth-order valence-corrected chi connectivity index (χ4v) is 3.12. The van der Waals surface area contributed by atoms with Gasteiger partial charge in [0.1, 0.15) is 19.0 Å². The van der Waals surface area contributed by atoms with E-state index in [1.165, 1.54) is 29.2 Å². The van der Waals surface area contributed by atoms with Gasteiger partial charge in [-0.3, -0.25) is 9.59 Å². The Morgan fingerprint density at radius 1 is 1.08 bits per heavy atom. The lowest BCUT2D eigenvalue weighted by atomic mass is 10.1. The number of fused-ring (bicyclic) bond motifs is 1. The van der Waals surface area contributed by atoms with Gasteiger partial charge in [-0.2, -0.15) is 0 Å². The maximum absolute atomic E-state index is 13.1. The highest BCUT2D eigenvalue weighted by Crippen LogP contribution is 2.33. The molecular weight excluding hydrogens is 339 g/mol. The molecule has 6 nitrogen and oxygen atoms in total. The van der Waals surface area contributed by atoms with Crippen LogP contribution in [0, 0.1) is 11.7 Å². The monoisotopic (exact) mass is 356 g/mol. The highest BCUT2D eigenvalue weighted by atomic mass is 19.1. The van der Waals surface area contributed by atoms with Crippen molar-refractivity contribution in [2.75, 3.05) is 30.0 Å². The Labute approximate surface area is 149 Å². The summed E-state index contributed by atoms with van der Waals surface area (Å²) in [6.45, 7) is 1.23. The summed E-state index contributed by atoms with van der Waals surface area (Å²) < 4.78 is 24.0. The van der Waals surface area contributed by atoms with Gasteiger partial charge in [0.2, 0.25) is 11.8 Å². The highest BCUT2D eigenvalue weighted by molar-refractivity contribution is 6.03. The maximum Gasteiger partial charge on any atom is 0.229 e. The molecule has 0 saturated carbocycles. The summed E-state index contributed by atoms with van der Waals surface area (Å²) in [7, 11) is 0. The van der Waals surface area contributed by atoms with Crippen molar-refractivity contribution in [3.05, 3.63) is 48.3 Å². The molecule has 134 valence electrons. The largest absolute Gasteiger partial charge is 0.486 e. The number of halogens is 1. The van der Waals surface area contributed by atoms with Crippen molar-refractivity contribution in [1.29, 1.82) is 0 Å². The molecule has 0 aliphatic carbocycles. The molecule has 2 aliphatic rings. The summed E-state index contributed by atoms with van der Waals surface area (Å²) in [6.07, 6.45) is 0.119. The van der Waals surface area contributed by atoms with E-state index in [0.29, 0.717) is 36.1 Å². The smallest absolute Gasteiger partial charge is 0.229 e. The number of benzene rings is 2. The third-order valence-electron chi connectivity index (χ3n) is 4.44. The molecule has 0 unspecified atom stereocenters. The van der Waals surface area contributed by atoms with Crippen LogP contribution >= 0.6 is 0 Å². The second-order valence-corrected chi connectivity index (χ2v) is 6.23. The topological polar surface area (TPSA) is 67.9 Å². The van der Waals surface area contributed by atoms with Gasteiger partial charge >= 0.3 is 0 Å². The molecule has 1 N–H and O–H groups in total. The Kier molecular flexibility index (Phi) is 4.20. The minimum Gasteiger partial charge on any atom is -0.486 e. The number of ether oxygens (including phenoxy) is 2. The summed E-state index contributed by atoms with van der Waals surface area (Å²) in [4.78, 5) is 26.3. The molecule has 0 bridgehead atoms. The molecule has 2 aromatic rings. The third-order valence-corrected chi connectivity index (χ3v) is 4.44. The van der Waals surface area contributed by atoms with E-state index in [0.717, 1.165) is 0 Å². The predicted octanol–water partition coefficient (Wildman–Crippen LogP) is 2.59. The quantitative estimate of drug-likeness (QED) is 0.918.